The molecule has 6 rings (SSSR count). The van der Waals surface area contributed by atoms with E-state index in [1.165, 1.54) is 17.7 Å². The van der Waals surface area contributed by atoms with Gasteiger partial charge in [-0.3, -0.25) is 9.38 Å². The summed E-state index contributed by atoms with van der Waals surface area (Å²) in [5.74, 6) is 0.428. The van der Waals surface area contributed by atoms with Crippen LogP contribution in [0.1, 0.15) is 24.1 Å². The monoisotopic (exact) mass is 380 g/mol. The molecule has 1 aliphatic rings. The van der Waals surface area contributed by atoms with E-state index in [1.807, 2.05) is 18.5 Å². The second-order valence-electron chi connectivity index (χ2n) is 7.63. The van der Waals surface area contributed by atoms with Crippen LogP contribution in [0.15, 0.2) is 79.4 Å². The van der Waals surface area contributed by atoms with Gasteiger partial charge in [-0.15, -0.1) is 0 Å². The van der Waals surface area contributed by atoms with Crippen molar-refractivity contribution in [3.8, 4) is 11.1 Å². The predicted octanol–water partition coefficient (Wildman–Crippen LogP) is 5.16. The third-order valence-electron chi connectivity index (χ3n) is 5.93. The molecule has 1 fully saturated rings. The summed E-state index contributed by atoms with van der Waals surface area (Å²) in [6, 6.07) is 16.9. The highest BCUT2D eigenvalue weighted by Crippen LogP contribution is 2.54. The normalized spacial score (nSPS) is 15.1. The van der Waals surface area contributed by atoms with Gasteiger partial charge in [-0.05, 0) is 42.2 Å². The summed E-state index contributed by atoms with van der Waals surface area (Å²) >= 11 is 0. The fraction of sp³-hybridized carbons (Fsp3) is 0.125. The van der Waals surface area contributed by atoms with Gasteiger partial charge in [0.15, 0.2) is 0 Å². The van der Waals surface area contributed by atoms with E-state index in [4.69, 9.17) is 0 Å². The summed E-state index contributed by atoms with van der Waals surface area (Å²) in [4.78, 5) is 13.8. The molecule has 4 nitrogen and oxygen atoms in total. The van der Waals surface area contributed by atoms with Gasteiger partial charge in [-0.2, -0.15) is 0 Å². The van der Waals surface area contributed by atoms with Gasteiger partial charge in [0.2, 0.25) is 5.78 Å². The molecule has 3 aromatic heterocycles. The van der Waals surface area contributed by atoms with Gasteiger partial charge in [0.25, 0.3) is 0 Å². The van der Waals surface area contributed by atoms with Crippen molar-refractivity contribution in [1.82, 2.24) is 19.4 Å². The van der Waals surface area contributed by atoms with Crippen LogP contribution < -0.4 is 0 Å². The molecule has 0 amide bonds. The van der Waals surface area contributed by atoms with E-state index in [0.29, 0.717) is 5.78 Å². The molecule has 2 aromatic carbocycles. The highest BCUT2D eigenvalue weighted by atomic mass is 19.1. The van der Waals surface area contributed by atoms with Crippen LogP contribution in [0.4, 0.5) is 4.39 Å². The van der Waals surface area contributed by atoms with Gasteiger partial charge in [0.1, 0.15) is 5.82 Å². The fourth-order valence-corrected chi connectivity index (χ4v) is 4.30. The van der Waals surface area contributed by atoms with Crippen LogP contribution >= 0.6 is 0 Å². The maximum Gasteiger partial charge on any atom is 0.233 e. The fourth-order valence-electron chi connectivity index (χ4n) is 4.30. The first-order chi connectivity index (χ1) is 14.2. The van der Waals surface area contributed by atoms with Crippen LogP contribution in [0.3, 0.4) is 0 Å². The minimum Gasteiger partial charge on any atom is -0.287 e. The number of hydrogen-bond donors (Lipinski definition) is 0. The van der Waals surface area contributed by atoms with E-state index >= 15 is 0 Å². The van der Waals surface area contributed by atoms with Crippen molar-refractivity contribution in [3.05, 3.63) is 96.5 Å². The average molecular weight is 380 g/mol. The molecule has 3 heterocycles. The lowest BCUT2D eigenvalue weighted by Crippen LogP contribution is -2.13. The van der Waals surface area contributed by atoms with Crippen molar-refractivity contribution in [2.45, 2.75) is 18.3 Å². The van der Waals surface area contributed by atoms with Crippen molar-refractivity contribution in [2.75, 3.05) is 0 Å². The van der Waals surface area contributed by atoms with E-state index in [1.54, 1.807) is 18.3 Å². The number of imidazole rings is 1. The van der Waals surface area contributed by atoms with Crippen LogP contribution in [0.5, 0.6) is 0 Å². The van der Waals surface area contributed by atoms with Crippen LogP contribution in [0, 0.1) is 5.82 Å². The molecule has 5 heteroatoms. The zero-order valence-corrected chi connectivity index (χ0v) is 15.6. The number of rotatable bonds is 3. The Labute approximate surface area is 166 Å². The SMILES string of the molecule is Fc1ccc(-c2cnc3ncc(C4(c5cccc6cccnc56)CC4)n3c2)cc1. The molecule has 1 aliphatic carbocycles. The van der Waals surface area contributed by atoms with Crippen molar-refractivity contribution in [3.63, 3.8) is 0 Å². The lowest BCUT2D eigenvalue weighted by molar-refractivity contribution is 0.628. The third kappa shape index (κ3) is 2.47. The molecule has 0 unspecified atom stereocenters. The molecule has 1 saturated carbocycles. The Bertz CT molecular complexity index is 1360. The van der Waals surface area contributed by atoms with Crippen molar-refractivity contribution in [2.24, 2.45) is 0 Å². The zero-order valence-electron chi connectivity index (χ0n) is 15.6. The number of benzene rings is 2. The maximum absolute atomic E-state index is 13.3. The third-order valence-corrected chi connectivity index (χ3v) is 5.93. The van der Waals surface area contributed by atoms with Crippen LogP contribution in [-0.4, -0.2) is 19.4 Å². The number of halogens is 1. The van der Waals surface area contributed by atoms with E-state index < -0.39 is 0 Å². The van der Waals surface area contributed by atoms with Gasteiger partial charge in [-0.1, -0.05) is 36.4 Å². The van der Waals surface area contributed by atoms with Crippen LogP contribution in [0.2, 0.25) is 0 Å². The smallest absolute Gasteiger partial charge is 0.233 e. The Hall–Kier alpha value is -3.60. The van der Waals surface area contributed by atoms with E-state index in [9.17, 15) is 4.39 Å². The van der Waals surface area contributed by atoms with Gasteiger partial charge < -0.3 is 0 Å². The summed E-state index contributed by atoms with van der Waals surface area (Å²) in [6.07, 6.45) is 9.74. The number of pyridine rings is 1. The minimum absolute atomic E-state index is 0.101. The van der Waals surface area contributed by atoms with Gasteiger partial charge in [0, 0.05) is 35.0 Å². The van der Waals surface area contributed by atoms with Crippen molar-refractivity contribution < 1.29 is 4.39 Å². The Kier molecular flexibility index (Phi) is 3.36. The van der Waals surface area contributed by atoms with Crippen molar-refractivity contribution in [1.29, 1.82) is 0 Å². The Morgan fingerprint density at radius 3 is 2.45 bits per heavy atom. The first-order valence-corrected chi connectivity index (χ1v) is 9.68. The summed E-state index contributed by atoms with van der Waals surface area (Å²) in [6.45, 7) is 0. The van der Waals surface area contributed by atoms with Gasteiger partial charge in [0.05, 0.1) is 17.4 Å². The highest BCUT2D eigenvalue weighted by molar-refractivity contribution is 5.84. The molecule has 140 valence electrons. The number of para-hydroxylation sites is 1. The molecular formula is C24H17FN4. The quantitative estimate of drug-likeness (QED) is 0.434. The Morgan fingerprint density at radius 2 is 1.62 bits per heavy atom. The molecule has 29 heavy (non-hydrogen) atoms. The standard InChI is InChI=1S/C24H17FN4/c25-19-8-6-16(7-9-19)18-13-27-23-28-14-21(29(23)15-18)24(10-11-24)20-5-1-3-17-4-2-12-26-22(17)20/h1-9,12-15H,10-11H2. The Balaban J connectivity index is 1.54. The average Bonchev–Trinajstić information content (AvgIpc) is 3.45. The van der Waals surface area contributed by atoms with E-state index in [-0.39, 0.29) is 11.2 Å². The second-order valence-corrected chi connectivity index (χ2v) is 7.63. The minimum atomic E-state index is -0.244. The topological polar surface area (TPSA) is 43.1 Å². The van der Waals surface area contributed by atoms with Gasteiger partial charge >= 0.3 is 0 Å². The molecule has 0 spiro atoms. The predicted molar refractivity (Wildman–Crippen MR) is 110 cm³/mol. The lowest BCUT2D eigenvalue weighted by atomic mass is 9.90. The van der Waals surface area contributed by atoms with E-state index in [0.717, 1.165) is 40.6 Å². The summed E-state index contributed by atoms with van der Waals surface area (Å²) in [5.41, 5.74) is 5.17. The first-order valence-electron chi connectivity index (χ1n) is 9.68. The molecule has 0 aliphatic heterocycles. The summed E-state index contributed by atoms with van der Waals surface area (Å²) < 4.78 is 15.4. The Morgan fingerprint density at radius 1 is 0.828 bits per heavy atom. The summed E-state index contributed by atoms with van der Waals surface area (Å²) in [5, 5.41) is 1.15. The molecule has 0 atom stereocenters. The van der Waals surface area contributed by atoms with Crippen molar-refractivity contribution >= 4 is 16.7 Å². The lowest BCUT2D eigenvalue weighted by Gasteiger charge is -2.17. The molecule has 0 N–H and O–H groups in total. The zero-order chi connectivity index (χ0) is 19.4. The number of hydrogen-bond acceptors (Lipinski definition) is 3. The molecule has 0 bridgehead atoms. The number of nitrogens with zero attached hydrogens (tertiary/aromatic N) is 4. The molecule has 0 radical (unpaired) electrons. The molecule has 5 aromatic rings. The molecule has 0 saturated heterocycles. The second kappa shape index (κ2) is 5.95. The largest absolute Gasteiger partial charge is 0.287 e. The number of aromatic nitrogens is 4. The maximum atomic E-state index is 13.3. The number of fused-ring (bicyclic) bond motifs is 2. The van der Waals surface area contributed by atoms with Gasteiger partial charge in [-0.25, -0.2) is 14.4 Å². The molecular weight excluding hydrogens is 363 g/mol. The first kappa shape index (κ1) is 16.4. The highest BCUT2D eigenvalue weighted by Gasteiger charge is 2.49. The summed E-state index contributed by atoms with van der Waals surface area (Å²) in [7, 11) is 0. The van der Waals surface area contributed by atoms with Crippen LogP contribution in [0.25, 0.3) is 27.8 Å². The van der Waals surface area contributed by atoms with Crippen LogP contribution in [-0.2, 0) is 5.41 Å². The van der Waals surface area contributed by atoms with E-state index in [2.05, 4.69) is 49.8 Å².